The summed E-state index contributed by atoms with van der Waals surface area (Å²) in [5, 5.41) is 5.39. The molecule has 8 nitrogen and oxygen atoms in total. The van der Waals surface area contributed by atoms with Gasteiger partial charge in [0.2, 0.25) is 17.7 Å². The SMILES string of the molecule is CC(C)[C@H](N)C(=O)NCC(=O)NCCN1CCN(C(=O)C2CCCCC2)CC1. The van der Waals surface area contributed by atoms with E-state index in [-0.39, 0.29) is 30.2 Å². The summed E-state index contributed by atoms with van der Waals surface area (Å²) in [5.74, 6) is 0.0904. The molecule has 8 heteroatoms. The van der Waals surface area contributed by atoms with E-state index in [0.717, 1.165) is 45.6 Å². The number of hydrogen-bond donors (Lipinski definition) is 3. The second kappa shape index (κ2) is 11.4. The Morgan fingerprint density at radius 2 is 1.64 bits per heavy atom. The first kappa shape index (κ1) is 22.6. The Morgan fingerprint density at radius 3 is 2.25 bits per heavy atom. The van der Waals surface area contributed by atoms with E-state index in [1.165, 1.54) is 19.3 Å². The summed E-state index contributed by atoms with van der Waals surface area (Å²) in [6.45, 7) is 8.18. The number of piperazine rings is 1. The third kappa shape index (κ3) is 7.05. The summed E-state index contributed by atoms with van der Waals surface area (Å²) in [6, 6.07) is -0.597. The Balaban J connectivity index is 1.57. The lowest BCUT2D eigenvalue weighted by Gasteiger charge is -2.37. The number of amides is 3. The van der Waals surface area contributed by atoms with Gasteiger partial charge >= 0.3 is 0 Å². The van der Waals surface area contributed by atoms with E-state index < -0.39 is 6.04 Å². The molecule has 1 aliphatic heterocycles. The van der Waals surface area contributed by atoms with Crippen LogP contribution in [0.3, 0.4) is 0 Å². The van der Waals surface area contributed by atoms with Gasteiger partial charge in [-0.05, 0) is 18.8 Å². The van der Waals surface area contributed by atoms with Crippen molar-refractivity contribution < 1.29 is 14.4 Å². The Kier molecular flexibility index (Phi) is 9.18. The molecule has 0 spiro atoms. The van der Waals surface area contributed by atoms with E-state index in [0.29, 0.717) is 12.5 Å². The van der Waals surface area contributed by atoms with Crippen LogP contribution < -0.4 is 16.4 Å². The lowest BCUT2D eigenvalue weighted by Crippen LogP contribution is -2.52. The van der Waals surface area contributed by atoms with E-state index in [1.54, 1.807) is 0 Å². The summed E-state index contributed by atoms with van der Waals surface area (Å²) in [5.41, 5.74) is 5.75. The van der Waals surface area contributed by atoms with Crippen LogP contribution in [0.15, 0.2) is 0 Å². The van der Waals surface area contributed by atoms with Crippen molar-refractivity contribution in [3.63, 3.8) is 0 Å². The molecule has 1 saturated heterocycles. The minimum Gasteiger partial charge on any atom is -0.353 e. The molecule has 0 unspecified atom stereocenters. The maximum absolute atomic E-state index is 12.6. The van der Waals surface area contributed by atoms with Gasteiger partial charge < -0.3 is 21.3 Å². The van der Waals surface area contributed by atoms with E-state index >= 15 is 0 Å². The van der Waals surface area contributed by atoms with Crippen molar-refractivity contribution in [3.05, 3.63) is 0 Å². The molecule has 1 saturated carbocycles. The molecule has 1 heterocycles. The van der Waals surface area contributed by atoms with Gasteiger partial charge in [-0.3, -0.25) is 19.3 Å². The number of nitrogens with two attached hydrogens (primary N) is 1. The first-order valence-electron chi connectivity index (χ1n) is 10.7. The Hall–Kier alpha value is -1.67. The average Bonchev–Trinajstić information content (AvgIpc) is 2.72. The number of hydrogen-bond acceptors (Lipinski definition) is 5. The molecule has 2 aliphatic rings. The van der Waals surface area contributed by atoms with Gasteiger partial charge in [-0.2, -0.15) is 0 Å². The fourth-order valence-corrected chi connectivity index (χ4v) is 3.80. The molecule has 160 valence electrons. The lowest BCUT2D eigenvalue weighted by molar-refractivity contribution is -0.138. The van der Waals surface area contributed by atoms with Gasteiger partial charge in [0, 0.05) is 45.2 Å². The molecule has 0 radical (unpaired) electrons. The van der Waals surface area contributed by atoms with Crippen molar-refractivity contribution in [1.29, 1.82) is 0 Å². The molecule has 3 amide bonds. The number of nitrogens with zero attached hydrogens (tertiary/aromatic N) is 2. The maximum Gasteiger partial charge on any atom is 0.239 e. The summed E-state index contributed by atoms with van der Waals surface area (Å²) in [7, 11) is 0. The molecule has 0 bridgehead atoms. The zero-order valence-electron chi connectivity index (χ0n) is 17.4. The second-order valence-electron chi connectivity index (χ2n) is 8.34. The molecular formula is C20H37N5O3. The minimum atomic E-state index is -0.597. The summed E-state index contributed by atoms with van der Waals surface area (Å²) >= 11 is 0. The summed E-state index contributed by atoms with van der Waals surface area (Å²) in [4.78, 5) is 40.5. The second-order valence-corrected chi connectivity index (χ2v) is 8.34. The van der Waals surface area contributed by atoms with Crippen LogP contribution in [0.25, 0.3) is 0 Å². The zero-order valence-corrected chi connectivity index (χ0v) is 17.4. The van der Waals surface area contributed by atoms with Crippen molar-refractivity contribution in [1.82, 2.24) is 20.4 Å². The van der Waals surface area contributed by atoms with Crippen molar-refractivity contribution in [2.24, 2.45) is 17.6 Å². The van der Waals surface area contributed by atoms with Gasteiger partial charge in [0.1, 0.15) is 0 Å². The predicted molar refractivity (Wildman–Crippen MR) is 108 cm³/mol. The third-order valence-corrected chi connectivity index (χ3v) is 5.83. The fraction of sp³-hybridized carbons (Fsp3) is 0.850. The number of carbonyl (C=O) groups is 3. The van der Waals surface area contributed by atoms with Crippen molar-refractivity contribution in [3.8, 4) is 0 Å². The minimum absolute atomic E-state index is 0.0340. The van der Waals surface area contributed by atoms with E-state index in [2.05, 4.69) is 15.5 Å². The van der Waals surface area contributed by atoms with Crippen LogP contribution in [0.4, 0.5) is 0 Å². The van der Waals surface area contributed by atoms with Gasteiger partial charge in [-0.15, -0.1) is 0 Å². The smallest absolute Gasteiger partial charge is 0.239 e. The molecule has 4 N–H and O–H groups in total. The van der Waals surface area contributed by atoms with E-state index in [1.807, 2.05) is 18.7 Å². The normalized spacial score (nSPS) is 20.1. The monoisotopic (exact) mass is 395 g/mol. The lowest BCUT2D eigenvalue weighted by atomic mass is 9.88. The molecule has 2 fully saturated rings. The van der Waals surface area contributed by atoms with Crippen LogP contribution in [0.1, 0.15) is 46.0 Å². The summed E-state index contributed by atoms with van der Waals surface area (Å²) in [6.07, 6.45) is 5.71. The number of nitrogens with one attached hydrogen (secondary N) is 2. The topological polar surface area (TPSA) is 108 Å². The van der Waals surface area contributed by atoms with Crippen molar-refractivity contribution >= 4 is 17.7 Å². The first-order chi connectivity index (χ1) is 13.4. The Bertz CT molecular complexity index is 526. The average molecular weight is 396 g/mol. The fourth-order valence-electron chi connectivity index (χ4n) is 3.80. The first-order valence-corrected chi connectivity index (χ1v) is 10.7. The number of carbonyl (C=O) groups excluding carboxylic acids is 3. The third-order valence-electron chi connectivity index (χ3n) is 5.83. The molecule has 1 aliphatic carbocycles. The van der Waals surface area contributed by atoms with Crippen LogP contribution in [-0.2, 0) is 14.4 Å². The standard InChI is InChI=1S/C20H37N5O3/c1-15(2)18(21)19(27)23-14-17(26)22-8-9-24-10-12-25(13-11-24)20(28)16-6-4-3-5-7-16/h15-16,18H,3-14,21H2,1-2H3,(H,22,26)(H,23,27)/t18-/m0/s1. The zero-order chi connectivity index (χ0) is 20.5. The molecule has 0 aromatic rings. The van der Waals surface area contributed by atoms with Gasteiger partial charge in [-0.1, -0.05) is 33.1 Å². The van der Waals surface area contributed by atoms with Gasteiger partial charge in [0.15, 0.2) is 0 Å². The van der Waals surface area contributed by atoms with Crippen LogP contribution in [0.5, 0.6) is 0 Å². The van der Waals surface area contributed by atoms with Crippen LogP contribution in [0, 0.1) is 11.8 Å². The molecule has 1 atom stereocenters. The molecule has 0 aromatic heterocycles. The van der Waals surface area contributed by atoms with Crippen LogP contribution >= 0.6 is 0 Å². The quantitative estimate of drug-likeness (QED) is 0.533. The number of rotatable bonds is 8. The molecular weight excluding hydrogens is 358 g/mol. The van der Waals surface area contributed by atoms with E-state index in [9.17, 15) is 14.4 Å². The molecule has 28 heavy (non-hydrogen) atoms. The van der Waals surface area contributed by atoms with Crippen LogP contribution in [0.2, 0.25) is 0 Å². The summed E-state index contributed by atoms with van der Waals surface area (Å²) < 4.78 is 0. The predicted octanol–water partition coefficient (Wildman–Crippen LogP) is -0.0734. The van der Waals surface area contributed by atoms with Crippen molar-refractivity contribution in [2.75, 3.05) is 45.8 Å². The van der Waals surface area contributed by atoms with Gasteiger partial charge in [-0.25, -0.2) is 0 Å². The highest BCUT2D eigenvalue weighted by Crippen LogP contribution is 2.25. The molecule has 0 aromatic carbocycles. The Labute approximate surface area is 168 Å². The van der Waals surface area contributed by atoms with Crippen molar-refractivity contribution in [2.45, 2.75) is 52.0 Å². The Morgan fingerprint density at radius 1 is 1.00 bits per heavy atom. The highest BCUT2D eigenvalue weighted by Gasteiger charge is 2.28. The van der Waals surface area contributed by atoms with E-state index in [4.69, 9.17) is 5.73 Å². The van der Waals surface area contributed by atoms with Gasteiger partial charge in [0.05, 0.1) is 12.6 Å². The largest absolute Gasteiger partial charge is 0.353 e. The highest BCUT2D eigenvalue weighted by molar-refractivity contribution is 5.87. The van der Waals surface area contributed by atoms with Crippen LogP contribution in [-0.4, -0.2) is 79.4 Å². The van der Waals surface area contributed by atoms with Gasteiger partial charge in [0.25, 0.3) is 0 Å². The molecule has 2 rings (SSSR count). The highest BCUT2D eigenvalue weighted by atomic mass is 16.2. The maximum atomic E-state index is 12.6.